The molecule has 0 radical (unpaired) electrons. The van der Waals surface area contributed by atoms with Gasteiger partial charge in [0.15, 0.2) is 0 Å². The number of alkyl halides is 3. The summed E-state index contributed by atoms with van der Waals surface area (Å²) in [7, 11) is -4.17. The number of anilines is 1. The largest absolute Gasteiger partial charge is 0.481 e. The SMILES string of the molecule is CCC1CC(C(=O)O)CCN1c1nc(C(F)(F)F)nc(-c2ccc(F)cc2)c1-c1cccc(S(N)(=O)=O)c1. The quantitative estimate of drug-likeness (QED) is 0.425. The van der Waals surface area contributed by atoms with E-state index < -0.39 is 45.8 Å². The maximum absolute atomic E-state index is 14.0. The number of hydrogen-bond donors (Lipinski definition) is 2. The van der Waals surface area contributed by atoms with E-state index in [4.69, 9.17) is 5.14 Å². The van der Waals surface area contributed by atoms with Crippen molar-refractivity contribution in [1.29, 1.82) is 0 Å². The standard InChI is InChI=1S/C25H24F4N4O4S/c1-2-18-12-16(23(34)35)10-11-33(18)22-20(15-4-3-5-19(13-15)38(30,36)37)21(14-6-8-17(26)9-7-14)31-24(32-22)25(27,28)29/h3-9,13,16,18H,2,10-12H2,1H3,(H,34,35)(H2,30,36,37). The second kappa shape index (κ2) is 10.3. The highest BCUT2D eigenvalue weighted by Crippen LogP contribution is 2.43. The van der Waals surface area contributed by atoms with Gasteiger partial charge in [-0.15, -0.1) is 0 Å². The first-order valence-electron chi connectivity index (χ1n) is 11.7. The first-order chi connectivity index (χ1) is 17.8. The van der Waals surface area contributed by atoms with Crippen molar-refractivity contribution in [2.45, 2.75) is 43.3 Å². The number of hydrogen-bond acceptors (Lipinski definition) is 6. The molecule has 2 aromatic carbocycles. The van der Waals surface area contributed by atoms with Crippen molar-refractivity contribution in [1.82, 2.24) is 9.97 Å². The summed E-state index contributed by atoms with van der Waals surface area (Å²) in [6, 6.07) is 9.54. The number of carboxylic acid groups (broad SMARTS) is 1. The van der Waals surface area contributed by atoms with Crippen LogP contribution in [0.3, 0.4) is 0 Å². The number of nitrogens with zero attached hydrogens (tertiary/aromatic N) is 3. The minimum absolute atomic E-state index is 0.0855. The third-order valence-electron chi connectivity index (χ3n) is 6.52. The summed E-state index contributed by atoms with van der Waals surface area (Å²) in [5.74, 6) is -3.85. The van der Waals surface area contributed by atoms with Gasteiger partial charge < -0.3 is 10.0 Å². The molecule has 1 aliphatic heterocycles. The first-order valence-corrected chi connectivity index (χ1v) is 13.2. The molecular formula is C25H24F4N4O4S. The average Bonchev–Trinajstić information content (AvgIpc) is 2.87. The number of aromatic nitrogens is 2. The van der Waals surface area contributed by atoms with E-state index in [-0.39, 0.29) is 52.5 Å². The van der Waals surface area contributed by atoms with Gasteiger partial charge in [-0.25, -0.2) is 27.9 Å². The lowest BCUT2D eigenvalue weighted by atomic mass is 9.88. The zero-order valence-electron chi connectivity index (χ0n) is 20.1. The first kappa shape index (κ1) is 27.5. The number of halogens is 4. The Morgan fingerprint density at radius 3 is 2.39 bits per heavy atom. The maximum Gasteiger partial charge on any atom is 0.451 e. The minimum Gasteiger partial charge on any atom is -0.481 e. The van der Waals surface area contributed by atoms with Gasteiger partial charge in [-0.05, 0) is 61.2 Å². The smallest absolute Gasteiger partial charge is 0.451 e. The van der Waals surface area contributed by atoms with Crippen molar-refractivity contribution < 1.29 is 35.9 Å². The maximum atomic E-state index is 14.0. The summed E-state index contributed by atoms with van der Waals surface area (Å²) in [4.78, 5) is 20.7. The molecule has 2 heterocycles. The van der Waals surface area contributed by atoms with Crippen LogP contribution in [0.1, 0.15) is 32.0 Å². The van der Waals surface area contributed by atoms with Gasteiger partial charge in [0.2, 0.25) is 15.8 Å². The second-order valence-corrected chi connectivity index (χ2v) is 10.5. The molecule has 1 fully saturated rings. The van der Waals surface area contributed by atoms with Gasteiger partial charge in [0.05, 0.1) is 22.1 Å². The molecule has 13 heteroatoms. The summed E-state index contributed by atoms with van der Waals surface area (Å²) < 4.78 is 79.9. The molecule has 3 aromatic rings. The Morgan fingerprint density at radius 1 is 1.13 bits per heavy atom. The number of sulfonamides is 1. The van der Waals surface area contributed by atoms with Crippen LogP contribution < -0.4 is 10.0 Å². The van der Waals surface area contributed by atoms with Crippen molar-refractivity contribution >= 4 is 21.8 Å². The molecule has 0 bridgehead atoms. The monoisotopic (exact) mass is 552 g/mol. The van der Waals surface area contributed by atoms with Crippen LogP contribution in [0.15, 0.2) is 53.4 Å². The average molecular weight is 553 g/mol. The van der Waals surface area contributed by atoms with Crippen LogP contribution in [0.5, 0.6) is 0 Å². The number of nitrogens with two attached hydrogens (primary N) is 1. The van der Waals surface area contributed by atoms with E-state index in [9.17, 15) is 35.9 Å². The zero-order chi connectivity index (χ0) is 27.8. The Labute approximate surface area is 216 Å². The molecule has 38 heavy (non-hydrogen) atoms. The number of carbonyl (C=O) groups is 1. The number of benzene rings is 2. The number of carboxylic acids is 1. The van der Waals surface area contributed by atoms with E-state index in [1.165, 1.54) is 36.4 Å². The van der Waals surface area contributed by atoms with Crippen LogP contribution in [0.25, 0.3) is 22.4 Å². The molecule has 202 valence electrons. The summed E-state index contributed by atoms with van der Waals surface area (Å²) in [5.41, 5.74) is 0.214. The van der Waals surface area contributed by atoms with Crippen molar-refractivity contribution in [3.05, 3.63) is 60.2 Å². The summed E-state index contributed by atoms with van der Waals surface area (Å²) >= 11 is 0. The molecule has 0 saturated carbocycles. The normalized spacial score (nSPS) is 18.4. The van der Waals surface area contributed by atoms with Gasteiger partial charge >= 0.3 is 12.1 Å². The highest BCUT2D eigenvalue weighted by atomic mass is 32.2. The Kier molecular flexibility index (Phi) is 7.44. The number of rotatable bonds is 6. The molecule has 8 nitrogen and oxygen atoms in total. The van der Waals surface area contributed by atoms with Crippen molar-refractivity contribution in [2.24, 2.45) is 11.1 Å². The van der Waals surface area contributed by atoms with Crippen molar-refractivity contribution in [3.63, 3.8) is 0 Å². The molecule has 0 aliphatic carbocycles. The number of piperidine rings is 1. The van der Waals surface area contributed by atoms with Gasteiger partial charge in [-0.3, -0.25) is 4.79 Å². The highest BCUT2D eigenvalue weighted by molar-refractivity contribution is 7.89. The van der Waals surface area contributed by atoms with E-state index in [0.717, 1.165) is 12.1 Å². The van der Waals surface area contributed by atoms with Crippen LogP contribution in [0.2, 0.25) is 0 Å². The third-order valence-corrected chi connectivity index (χ3v) is 7.43. The molecule has 1 aliphatic rings. The lowest BCUT2D eigenvalue weighted by molar-refractivity contribution is -0.144. The Morgan fingerprint density at radius 2 is 1.82 bits per heavy atom. The molecular weight excluding hydrogens is 528 g/mol. The molecule has 3 N–H and O–H groups in total. The lowest BCUT2D eigenvalue weighted by Crippen LogP contribution is -2.45. The fourth-order valence-electron chi connectivity index (χ4n) is 4.64. The Hall–Kier alpha value is -3.58. The highest BCUT2D eigenvalue weighted by Gasteiger charge is 2.40. The van der Waals surface area contributed by atoms with Gasteiger partial charge in [-0.1, -0.05) is 19.1 Å². The van der Waals surface area contributed by atoms with Crippen LogP contribution in [-0.2, 0) is 21.0 Å². The molecule has 0 spiro atoms. The molecule has 0 amide bonds. The van der Waals surface area contributed by atoms with Gasteiger partial charge in [0, 0.05) is 18.2 Å². The van der Waals surface area contributed by atoms with Crippen LogP contribution in [0.4, 0.5) is 23.4 Å². The molecule has 2 atom stereocenters. The minimum atomic E-state index is -4.94. The van der Waals surface area contributed by atoms with Crippen LogP contribution in [0, 0.1) is 11.7 Å². The summed E-state index contributed by atoms with van der Waals surface area (Å²) in [6.07, 6.45) is -4.18. The second-order valence-electron chi connectivity index (χ2n) is 8.99. The molecule has 4 rings (SSSR count). The Balaban J connectivity index is 2.05. The van der Waals surface area contributed by atoms with Crippen molar-refractivity contribution in [2.75, 3.05) is 11.4 Å². The van der Waals surface area contributed by atoms with E-state index in [0.29, 0.717) is 6.42 Å². The topological polar surface area (TPSA) is 126 Å². The molecule has 2 unspecified atom stereocenters. The van der Waals surface area contributed by atoms with E-state index in [1.807, 2.05) is 0 Å². The molecule has 1 saturated heterocycles. The van der Waals surface area contributed by atoms with E-state index in [2.05, 4.69) is 9.97 Å². The fourth-order valence-corrected chi connectivity index (χ4v) is 5.20. The van der Waals surface area contributed by atoms with Crippen LogP contribution >= 0.6 is 0 Å². The zero-order valence-corrected chi connectivity index (χ0v) is 20.9. The van der Waals surface area contributed by atoms with Crippen LogP contribution in [-0.4, -0.2) is 42.0 Å². The lowest BCUT2D eigenvalue weighted by Gasteiger charge is -2.40. The third kappa shape index (κ3) is 5.63. The summed E-state index contributed by atoms with van der Waals surface area (Å²) in [6.45, 7) is 1.88. The van der Waals surface area contributed by atoms with E-state index in [1.54, 1.807) is 11.8 Å². The predicted molar refractivity (Wildman–Crippen MR) is 131 cm³/mol. The van der Waals surface area contributed by atoms with Gasteiger partial charge in [0.25, 0.3) is 0 Å². The number of aliphatic carboxylic acids is 1. The summed E-state index contributed by atoms with van der Waals surface area (Å²) in [5, 5.41) is 14.8. The van der Waals surface area contributed by atoms with Gasteiger partial charge in [0.1, 0.15) is 11.6 Å². The predicted octanol–water partition coefficient (Wildman–Crippen LogP) is 4.70. The van der Waals surface area contributed by atoms with Gasteiger partial charge in [-0.2, -0.15) is 13.2 Å². The Bertz CT molecular complexity index is 1460. The van der Waals surface area contributed by atoms with Crippen molar-refractivity contribution in [3.8, 4) is 22.4 Å². The number of primary sulfonamides is 1. The van der Waals surface area contributed by atoms with E-state index >= 15 is 0 Å². The molecule has 1 aromatic heterocycles. The fraction of sp³-hybridized carbons (Fsp3) is 0.320.